The summed E-state index contributed by atoms with van der Waals surface area (Å²) in [5.41, 5.74) is -0.820. The molecule has 1 unspecified atom stereocenters. The molecular weight excluding hydrogens is 634 g/mol. The molecule has 2 aliphatic heterocycles. The van der Waals surface area contributed by atoms with Crippen LogP contribution in [0.5, 0.6) is 0 Å². The van der Waals surface area contributed by atoms with E-state index in [0.717, 1.165) is 17.7 Å². The number of anilines is 1. The standard InChI is InChI=1S/C34H33F4N5O5/c1-33(2,47)22-15-26-27(16-25(22)40-31(46)24-4-3-5-28(39-24)34(36,37)38)48-32(41-26)19-10-12-43(13-11-19)17-18-6-7-20(23(35)14-18)21-8-9-29(44)42-30(21)45/h3-7,14-16,19,21,47H,8-13,17H2,1-2H3,(H,40,46)(H,42,44,45). The van der Waals surface area contributed by atoms with Gasteiger partial charge in [0.2, 0.25) is 11.8 Å². The third-order valence-electron chi connectivity index (χ3n) is 8.75. The Morgan fingerprint density at radius 2 is 1.81 bits per heavy atom. The van der Waals surface area contributed by atoms with Crippen molar-refractivity contribution >= 4 is 34.5 Å². The van der Waals surface area contributed by atoms with E-state index in [0.29, 0.717) is 55.0 Å². The molecule has 6 rings (SSSR count). The lowest BCUT2D eigenvalue weighted by Crippen LogP contribution is -2.39. The third-order valence-corrected chi connectivity index (χ3v) is 8.75. The summed E-state index contributed by atoms with van der Waals surface area (Å²) in [6, 6.07) is 11.0. The van der Waals surface area contributed by atoms with E-state index in [1.807, 2.05) is 0 Å². The second-order valence-electron chi connectivity index (χ2n) is 12.7. The molecule has 4 aromatic rings. The summed E-state index contributed by atoms with van der Waals surface area (Å²) < 4.78 is 60.6. The number of carbonyl (C=O) groups is 3. The van der Waals surface area contributed by atoms with E-state index in [1.165, 1.54) is 32.0 Å². The number of alkyl halides is 3. The average Bonchev–Trinajstić information content (AvgIpc) is 3.44. The van der Waals surface area contributed by atoms with Gasteiger partial charge in [-0.25, -0.2) is 14.4 Å². The van der Waals surface area contributed by atoms with Crippen molar-refractivity contribution in [1.29, 1.82) is 0 Å². The SMILES string of the molecule is CC(C)(O)c1cc2nc(C3CCN(Cc4ccc(C5CCC(=O)NC5=O)c(F)c4)CC3)oc2cc1NC(=O)c1cccc(C(F)(F)F)n1. The number of oxazole rings is 1. The lowest BCUT2D eigenvalue weighted by Gasteiger charge is -2.30. The van der Waals surface area contributed by atoms with Gasteiger partial charge in [0.15, 0.2) is 11.5 Å². The Kier molecular flexibility index (Phi) is 8.81. The maximum absolute atomic E-state index is 15.0. The quantitative estimate of drug-likeness (QED) is 0.167. The van der Waals surface area contributed by atoms with Crippen molar-refractivity contribution in [2.24, 2.45) is 0 Å². The number of aliphatic hydroxyl groups is 1. The molecule has 2 aromatic heterocycles. The normalized spacial score (nSPS) is 18.3. The van der Waals surface area contributed by atoms with Gasteiger partial charge in [0.05, 0.1) is 17.2 Å². The number of imide groups is 1. The molecule has 2 aromatic carbocycles. The number of amides is 3. The molecule has 0 radical (unpaired) electrons. The second-order valence-corrected chi connectivity index (χ2v) is 12.7. The molecule has 1 atom stereocenters. The van der Waals surface area contributed by atoms with Crippen LogP contribution in [0, 0.1) is 5.82 Å². The number of rotatable bonds is 7. The van der Waals surface area contributed by atoms with Gasteiger partial charge in [0.1, 0.15) is 22.7 Å². The minimum Gasteiger partial charge on any atom is -0.440 e. The van der Waals surface area contributed by atoms with Crippen LogP contribution in [0.15, 0.2) is 52.9 Å². The molecule has 48 heavy (non-hydrogen) atoms. The van der Waals surface area contributed by atoms with Gasteiger partial charge >= 0.3 is 6.18 Å². The largest absolute Gasteiger partial charge is 0.440 e. The maximum atomic E-state index is 15.0. The van der Waals surface area contributed by atoms with Crippen molar-refractivity contribution in [2.45, 2.75) is 69.7 Å². The number of benzene rings is 2. The number of halogens is 4. The van der Waals surface area contributed by atoms with Gasteiger partial charge in [-0.1, -0.05) is 18.2 Å². The summed E-state index contributed by atoms with van der Waals surface area (Å²) in [7, 11) is 0. The van der Waals surface area contributed by atoms with E-state index >= 15 is 4.39 Å². The van der Waals surface area contributed by atoms with Gasteiger partial charge in [-0.05, 0) is 76.0 Å². The van der Waals surface area contributed by atoms with Gasteiger partial charge in [-0.3, -0.25) is 24.6 Å². The Bertz CT molecular complexity index is 1890. The zero-order valence-corrected chi connectivity index (χ0v) is 26.2. The van der Waals surface area contributed by atoms with Crippen molar-refractivity contribution < 1.29 is 41.5 Å². The summed E-state index contributed by atoms with van der Waals surface area (Å²) in [6.07, 6.45) is -2.87. The fourth-order valence-electron chi connectivity index (χ4n) is 6.22. The number of nitrogens with one attached hydrogen (secondary N) is 2. The van der Waals surface area contributed by atoms with E-state index in [2.05, 4.69) is 25.5 Å². The second kappa shape index (κ2) is 12.7. The van der Waals surface area contributed by atoms with Gasteiger partial charge in [0, 0.05) is 36.1 Å². The average molecular weight is 668 g/mol. The first-order valence-electron chi connectivity index (χ1n) is 15.5. The first kappa shape index (κ1) is 33.2. The van der Waals surface area contributed by atoms with Crippen LogP contribution in [-0.4, -0.2) is 50.8 Å². The highest BCUT2D eigenvalue weighted by molar-refractivity contribution is 6.04. The molecule has 2 aliphatic rings. The molecule has 4 heterocycles. The smallest absolute Gasteiger partial charge is 0.433 e. The molecule has 3 amide bonds. The predicted molar refractivity (Wildman–Crippen MR) is 165 cm³/mol. The van der Waals surface area contributed by atoms with Crippen molar-refractivity contribution in [3.63, 3.8) is 0 Å². The minimum atomic E-state index is -4.72. The molecule has 2 saturated heterocycles. The van der Waals surface area contributed by atoms with Crippen LogP contribution in [0.3, 0.4) is 0 Å². The number of fused-ring (bicyclic) bond motifs is 1. The zero-order valence-electron chi connectivity index (χ0n) is 26.2. The molecule has 0 bridgehead atoms. The molecule has 2 fully saturated rings. The van der Waals surface area contributed by atoms with E-state index in [9.17, 15) is 32.7 Å². The predicted octanol–water partition coefficient (Wildman–Crippen LogP) is 5.76. The zero-order chi connectivity index (χ0) is 34.4. The van der Waals surface area contributed by atoms with E-state index in [4.69, 9.17) is 4.42 Å². The number of piperidine rings is 2. The minimum absolute atomic E-state index is 0.0294. The van der Waals surface area contributed by atoms with E-state index in [1.54, 1.807) is 18.2 Å². The summed E-state index contributed by atoms with van der Waals surface area (Å²) in [5.74, 6) is -2.44. The highest BCUT2D eigenvalue weighted by Gasteiger charge is 2.34. The fourth-order valence-corrected chi connectivity index (χ4v) is 6.22. The number of hydrogen-bond acceptors (Lipinski definition) is 8. The first-order chi connectivity index (χ1) is 22.7. The summed E-state index contributed by atoms with van der Waals surface area (Å²) in [6.45, 7) is 4.89. The number of hydrogen-bond donors (Lipinski definition) is 3. The van der Waals surface area contributed by atoms with Crippen LogP contribution in [0.1, 0.15) is 90.1 Å². The fraction of sp³-hybridized carbons (Fsp3) is 0.382. The number of likely N-dealkylation sites (tertiary alicyclic amines) is 1. The summed E-state index contributed by atoms with van der Waals surface area (Å²) >= 11 is 0. The van der Waals surface area contributed by atoms with E-state index < -0.39 is 46.7 Å². The van der Waals surface area contributed by atoms with Crippen molar-refractivity contribution in [1.82, 2.24) is 20.2 Å². The highest BCUT2D eigenvalue weighted by atomic mass is 19.4. The van der Waals surface area contributed by atoms with E-state index in [-0.39, 0.29) is 35.9 Å². The van der Waals surface area contributed by atoms with Crippen LogP contribution in [0.2, 0.25) is 0 Å². The number of nitrogens with zero attached hydrogens (tertiary/aromatic N) is 3. The molecule has 10 nitrogen and oxygen atoms in total. The lowest BCUT2D eigenvalue weighted by atomic mass is 9.89. The van der Waals surface area contributed by atoms with Crippen molar-refractivity contribution in [3.8, 4) is 0 Å². The number of aromatic nitrogens is 2. The molecule has 14 heteroatoms. The number of pyridine rings is 1. The molecule has 0 spiro atoms. The molecule has 0 saturated carbocycles. The highest BCUT2D eigenvalue weighted by Crippen LogP contribution is 2.36. The summed E-state index contributed by atoms with van der Waals surface area (Å²) in [4.78, 5) is 46.9. The first-order valence-corrected chi connectivity index (χ1v) is 15.5. The van der Waals surface area contributed by atoms with Crippen LogP contribution < -0.4 is 10.6 Å². The topological polar surface area (TPSA) is 138 Å². The summed E-state index contributed by atoms with van der Waals surface area (Å²) in [5, 5.41) is 15.7. The molecule has 0 aliphatic carbocycles. The lowest BCUT2D eigenvalue weighted by molar-refractivity contribution is -0.141. The van der Waals surface area contributed by atoms with Gasteiger partial charge in [-0.15, -0.1) is 0 Å². The van der Waals surface area contributed by atoms with Crippen molar-refractivity contribution in [2.75, 3.05) is 18.4 Å². The Morgan fingerprint density at radius 3 is 2.48 bits per heavy atom. The van der Waals surface area contributed by atoms with Gasteiger partial charge in [-0.2, -0.15) is 13.2 Å². The van der Waals surface area contributed by atoms with Crippen LogP contribution in [0.4, 0.5) is 23.2 Å². The Morgan fingerprint density at radius 1 is 1.06 bits per heavy atom. The molecule has 3 N–H and O–H groups in total. The Balaban J connectivity index is 1.13. The third kappa shape index (κ3) is 7.09. The molecule has 252 valence electrons. The van der Waals surface area contributed by atoms with Crippen LogP contribution in [-0.2, 0) is 27.9 Å². The van der Waals surface area contributed by atoms with Crippen LogP contribution >= 0.6 is 0 Å². The van der Waals surface area contributed by atoms with Crippen LogP contribution in [0.25, 0.3) is 11.1 Å². The van der Waals surface area contributed by atoms with Gasteiger partial charge < -0.3 is 14.8 Å². The molecular formula is C34H33F4N5O5. The maximum Gasteiger partial charge on any atom is 0.433 e. The number of carbonyl (C=O) groups excluding carboxylic acids is 3. The Labute approximate surface area is 272 Å². The van der Waals surface area contributed by atoms with Crippen molar-refractivity contribution in [3.05, 3.63) is 88.3 Å². The Hall–Kier alpha value is -4.69. The monoisotopic (exact) mass is 667 g/mol. The van der Waals surface area contributed by atoms with Gasteiger partial charge in [0.25, 0.3) is 5.91 Å².